The van der Waals surface area contributed by atoms with Gasteiger partial charge in [-0.1, -0.05) is 30.3 Å². The SMILES string of the molecule is CC(C)(NC(=O)c1cnc(-c2ccc3c(c2)OCO3)s1)c1ccccc1. The van der Waals surface area contributed by atoms with Crippen LogP contribution in [0.5, 0.6) is 11.5 Å². The molecule has 0 fully saturated rings. The van der Waals surface area contributed by atoms with E-state index in [-0.39, 0.29) is 12.7 Å². The Morgan fingerprint density at radius 1 is 1.12 bits per heavy atom. The van der Waals surface area contributed by atoms with Crippen LogP contribution in [0.15, 0.2) is 54.7 Å². The Bertz CT molecular complexity index is 951. The summed E-state index contributed by atoms with van der Waals surface area (Å²) in [6, 6.07) is 15.6. The molecule has 2 heterocycles. The van der Waals surface area contributed by atoms with Crippen LogP contribution in [-0.2, 0) is 5.54 Å². The van der Waals surface area contributed by atoms with Gasteiger partial charge in [0, 0.05) is 5.56 Å². The van der Waals surface area contributed by atoms with Gasteiger partial charge < -0.3 is 14.8 Å². The van der Waals surface area contributed by atoms with Gasteiger partial charge in [-0.05, 0) is 37.6 Å². The fourth-order valence-electron chi connectivity index (χ4n) is 2.81. The Labute approximate surface area is 155 Å². The summed E-state index contributed by atoms with van der Waals surface area (Å²) in [7, 11) is 0. The Morgan fingerprint density at radius 2 is 1.88 bits per heavy atom. The molecule has 1 N–H and O–H groups in total. The van der Waals surface area contributed by atoms with E-state index in [0.29, 0.717) is 10.6 Å². The summed E-state index contributed by atoms with van der Waals surface area (Å²) < 4.78 is 10.7. The van der Waals surface area contributed by atoms with Gasteiger partial charge in [-0.2, -0.15) is 0 Å². The fraction of sp³-hybridized carbons (Fsp3) is 0.200. The molecule has 6 heteroatoms. The maximum atomic E-state index is 12.7. The Balaban J connectivity index is 1.53. The van der Waals surface area contributed by atoms with E-state index in [9.17, 15) is 4.79 Å². The van der Waals surface area contributed by atoms with Crippen molar-refractivity contribution in [3.8, 4) is 22.1 Å². The number of nitrogens with one attached hydrogen (secondary N) is 1. The third-order valence-electron chi connectivity index (χ3n) is 4.27. The highest BCUT2D eigenvalue weighted by Gasteiger charge is 2.24. The van der Waals surface area contributed by atoms with Crippen LogP contribution in [0.1, 0.15) is 29.1 Å². The highest BCUT2D eigenvalue weighted by atomic mass is 32.1. The third-order valence-corrected chi connectivity index (χ3v) is 5.32. The smallest absolute Gasteiger partial charge is 0.263 e. The van der Waals surface area contributed by atoms with Gasteiger partial charge in [0.15, 0.2) is 11.5 Å². The summed E-state index contributed by atoms with van der Waals surface area (Å²) in [5.74, 6) is 1.30. The number of ether oxygens (including phenoxy) is 2. The molecule has 0 aliphatic carbocycles. The van der Waals surface area contributed by atoms with E-state index >= 15 is 0 Å². The van der Waals surface area contributed by atoms with Gasteiger partial charge in [-0.25, -0.2) is 4.98 Å². The maximum Gasteiger partial charge on any atom is 0.263 e. The van der Waals surface area contributed by atoms with Crippen LogP contribution in [0.3, 0.4) is 0 Å². The molecule has 26 heavy (non-hydrogen) atoms. The zero-order chi connectivity index (χ0) is 18.1. The van der Waals surface area contributed by atoms with Crippen molar-refractivity contribution in [2.24, 2.45) is 0 Å². The molecule has 0 unspecified atom stereocenters. The number of thiazole rings is 1. The highest BCUT2D eigenvalue weighted by Crippen LogP contribution is 2.37. The summed E-state index contributed by atoms with van der Waals surface area (Å²) in [6.07, 6.45) is 1.61. The first kappa shape index (κ1) is 16.6. The lowest BCUT2D eigenvalue weighted by Gasteiger charge is -2.26. The van der Waals surface area contributed by atoms with Gasteiger partial charge in [-0.15, -0.1) is 11.3 Å². The lowest BCUT2D eigenvalue weighted by Crippen LogP contribution is -2.40. The molecule has 0 bridgehead atoms. The van der Waals surface area contributed by atoms with E-state index in [1.165, 1.54) is 11.3 Å². The van der Waals surface area contributed by atoms with Crippen LogP contribution >= 0.6 is 11.3 Å². The first-order valence-corrected chi connectivity index (χ1v) is 9.08. The number of amides is 1. The molecular formula is C20H18N2O3S. The molecule has 0 atom stereocenters. The van der Waals surface area contributed by atoms with E-state index in [0.717, 1.165) is 21.9 Å². The Hall–Kier alpha value is -2.86. The summed E-state index contributed by atoms with van der Waals surface area (Å²) >= 11 is 1.36. The average Bonchev–Trinajstić information content (AvgIpc) is 3.31. The number of hydrogen-bond acceptors (Lipinski definition) is 5. The largest absolute Gasteiger partial charge is 0.454 e. The number of hydrogen-bond donors (Lipinski definition) is 1. The first-order valence-electron chi connectivity index (χ1n) is 8.27. The van der Waals surface area contributed by atoms with Crippen molar-refractivity contribution in [3.63, 3.8) is 0 Å². The normalized spacial score (nSPS) is 12.8. The molecule has 2 aromatic carbocycles. The molecule has 0 spiro atoms. The molecule has 5 nitrogen and oxygen atoms in total. The second-order valence-corrected chi connectivity index (χ2v) is 7.57. The van der Waals surface area contributed by atoms with Gasteiger partial charge >= 0.3 is 0 Å². The number of nitrogens with zero attached hydrogens (tertiary/aromatic N) is 1. The zero-order valence-electron chi connectivity index (χ0n) is 14.5. The molecule has 4 rings (SSSR count). The topological polar surface area (TPSA) is 60.5 Å². The molecule has 0 radical (unpaired) electrons. The van der Waals surface area contributed by atoms with Gasteiger partial charge in [0.05, 0.1) is 11.7 Å². The van der Waals surface area contributed by atoms with Crippen LogP contribution in [0.2, 0.25) is 0 Å². The molecule has 1 amide bonds. The van der Waals surface area contributed by atoms with Crippen LogP contribution in [-0.4, -0.2) is 17.7 Å². The zero-order valence-corrected chi connectivity index (χ0v) is 15.3. The molecule has 1 aromatic heterocycles. The van der Waals surface area contributed by atoms with E-state index in [1.807, 2.05) is 62.4 Å². The second-order valence-electron chi connectivity index (χ2n) is 6.54. The van der Waals surface area contributed by atoms with Gasteiger partial charge in [0.25, 0.3) is 5.91 Å². The highest BCUT2D eigenvalue weighted by molar-refractivity contribution is 7.16. The quantitative estimate of drug-likeness (QED) is 0.752. The van der Waals surface area contributed by atoms with Crippen LogP contribution in [0.25, 0.3) is 10.6 Å². The van der Waals surface area contributed by atoms with Crippen molar-refractivity contribution < 1.29 is 14.3 Å². The van der Waals surface area contributed by atoms with E-state index < -0.39 is 5.54 Å². The Morgan fingerprint density at radius 3 is 2.69 bits per heavy atom. The Kier molecular flexibility index (Phi) is 4.12. The van der Waals surface area contributed by atoms with E-state index in [4.69, 9.17) is 9.47 Å². The molecule has 0 saturated heterocycles. The number of carbonyl (C=O) groups excluding carboxylic acids is 1. The fourth-order valence-corrected chi connectivity index (χ4v) is 3.62. The number of rotatable bonds is 4. The van der Waals surface area contributed by atoms with E-state index in [1.54, 1.807) is 6.20 Å². The summed E-state index contributed by atoms with van der Waals surface area (Å²) in [5, 5.41) is 3.85. The van der Waals surface area contributed by atoms with Crippen LogP contribution < -0.4 is 14.8 Å². The summed E-state index contributed by atoms with van der Waals surface area (Å²) in [6.45, 7) is 4.21. The van der Waals surface area contributed by atoms with E-state index in [2.05, 4.69) is 10.3 Å². The second kappa shape index (κ2) is 6.46. The van der Waals surface area contributed by atoms with Gasteiger partial charge in [-0.3, -0.25) is 4.79 Å². The lowest BCUT2D eigenvalue weighted by atomic mass is 9.94. The molecule has 132 valence electrons. The van der Waals surface area contributed by atoms with Crippen LogP contribution in [0, 0.1) is 0 Å². The number of aromatic nitrogens is 1. The standard InChI is InChI=1S/C20H18N2O3S/c1-20(2,14-6-4-3-5-7-14)22-18(23)17-11-21-19(26-17)13-8-9-15-16(10-13)25-12-24-15/h3-11H,12H2,1-2H3,(H,22,23). The third kappa shape index (κ3) is 3.15. The minimum atomic E-state index is -0.471. The average molecular weight is 366 g/mol. The van der Waals surface area contributed by atoms with Crippen molar-refractivity contribution >= 4 is 17.2 Å². The van der Waals surface area contributed by atoms with Crippen molar-refractivity contribution in [3.05, 3.63) is 65.2 Å². The van der Waals surface area contributed by atoms with Crippen molar-refractivity contribution in [1.82, 2.24) is 10.3 Å². The van der Waals surface area contributed by atoms with Crippen molar-refractivity contribution in [2.75, 3.05) is 6.79 Å². The minimum Gasteiger partial charge on any atom is -0.454 e. The predicted octanol–water partition coefficient (Wildman–Crippen LogP) is 4.20. The number of fused-ring (bicyclic) bond motifs is 1. The molecule has 0 saturated carbocycles. The molecule has 1 aliphatic heterocycles. The molecular weight excluding hydrogens is 348 g/mol. The maximum absolute atomic E-state index is 12.7. The van der Waals surface area contributed by atoms with Crippen molar-refractivity contribution in [2.45, 2.75) is 19.4 Å². The minimum absolute atomic E-state index is 0.136. The van der Waals surface area contributed by atoms with Gasteiger partial charge in [0.2, 0.25) is 6.79 Å². The summed E-state index contributed by atoms with van der Waals surface area (Å²) in [5.41, 5.74) is 1.48. The molecule has 1 aliphatic rings. The lowest BCUT2D eigenvalue weighted by molar-refractivity contribution is 0.0916. The van der Waals surface area contributed by atoms with Crippen molar-refractivity contribution in [1.29, 1.82) is 0 Å². The first-order chi connectivity index (χ1) is 12.5. The number of carbonyl (C=O) groups is 1. The molecule has 3 aromatic rings. The predicted molar refractivity (Wildman–Crippen MR) is 101 cm³/mol. The van der Waals surface area contributed by atoms with Gasteiger partial charge in [0.1, 0.15) is 9.88 Å². The monoisotopic (exact) mass is 366 g/mol. The summed E-state index contributed by atoms with van der Waals surface area (Å²) in [4.78, 5) is 17.6. The van der Waals surface area contributed by atoms with Crippen LogP contribution in [0.4, 0.5) is 0 Å². The number of benzene rings is 2.